The van der Waals surface area contributed by atoms with E-state index in [4.69, 9.17) is 5.26 Å². The van der Waals surface area contributed by atoms with Crippen molar-refractivity contribution in [2.75, 3.05) is 11.1 Å². The Bertz CT molecular complexity index is 1380. The van der Waals surface area contributed by atoms with Gasteiger partial charge in [0.05, 0.1) is 29.1 Å². The van der Waals surface area contributed by atoms with E-state index >= 15 is 0 Å². The van der Waals surface area contributed by atoms with Gasteiger partial charge in [0, 0.05) is 12.2 Å². The Morgan fingerprint density at radius 1 is 1.19 bits per heavy atom. The van der Waals surface area contributed by atoms with Crippen molar-refractivity contribution < 1.29 is 4.79 Å². The van der Waals surface area contributed by atoms with Gasteiger partial charge in [0.25, 0.3) is 5.56 Å². The molecule has 0 bridgehead atoms. The molecule has 0 spiro atoms. The summed E-state index contributed by atoms with van der Waals surface area (Å²) in [5.41, 5.74) is 2.07. The lowest BCUT2D eigenvalue weighted by molar-refractivity contribution is -0.113. The van der Waals surface area contributed by atoms with Gasteiger partial charge < -0.3 is 5.32 Å². The number of anilines is 1. The van der Waals surface area contributed by atoms with Crippen molar-refractivity contribution >= 4 is 40.0 Å². The number of para-hydroxylation sites is 1. The molecule has 0 fully saturated rings. The van der Waals surface area contributed by atoms with Crippen molar-refractivity contribution in [3.63, 3.8) is 0 Å². The summed E-state index contributed by atoms with van der Waals surface area (Å²) in [5.74, 6) is 0.327. The molecule has 1 amide bonds. The second-order valence-corrected chi connectivity index (χ2v) is 7.65. The number of hydrogen-bond donors (Lipinski definition) is 1. The minimum Gasteiger partial charge on any atom is -0.325 e. The average molecular weight is 430 g/mol. The number of nitrogens with one attached hydrogen (secondary N) is 1. The highest BCUT2D eigenvalue weighted by atomic mass is 32.2. The van der Waals surface area contributed by atoms with Crippen molar-refractivity contribution in [1.29, 1.82) is 5.26 Å². The number of thioether (sulfide) groups is 1. The van der Waals surface area contributed by atoms with Gasteiger partial charge >= 0.3 is 0 Å². The van der Waals surface area contributed by atoms with E-state index in [0.29, 0.717) is 40.5 Å². The first kappa shape index (κ1) is 20.4. The zero-order valence-electron chi connectivity index (χ0n) is 16.5. The van der Waals surface area contributed by atoms with Crippen LogP contribution >= 0.6 is 11.8 Å². The van der Waals surface area contributed by atoms with Crippen LogP contribution in [-0.4, -0.2) is 30.8 Å². The Morgan fingerprint density at radius 3 is 2.71 bits per heavy atom. The Kier molecular flexibility index (Phi) is 5.82. The molecule has 0 radical (unpaired) electrons. The third-order valence-corrected chi connectivity index (χ3v) is 5.57. The smallest absolute Gasteiger partial charge is 0.263 e. The van der Waals surface area contributed by atoms with E-state index in [1.807, 2.05) is 24.3 Å². The molecule has 4 aromatic rings. The molecule has 0 aliphatic heterocycles. The van der Waals surface area contributed by atoms with Gasteiger partial charge in [0.1, 0.15) is 0 Å². The molecule has 0 atom stereocenters. The molecular weight excluding hydrogens is 412 g/mol. The van der Waals surface area contributed by atoms with Crippen LogP contribution in [0.5, 0.6) is 0 Å². The minimum atomic E-state index is -0.196. The van der Waals surface area contributed by atoms with E-state index in [-0.39, 0.29) is 17.2 Å². The van der Waals surface area contributed by atoms with Crippen LogP contribution in [0.2, 0.25) is 0 Å². The molecule has 0 aliphatic carbocycles. The molecule has 31 heavy (non-hydrogen) atoms. The Morgan fingerprint density at radius 2 is 1.97 bits per heavy atom. The van der Waals surface area contributed by atoms with Crippen LogP contribution in [0.1, 0.15) is 5.56 Å². The molecule has 8 nitrogen and oxygen atoms in total. The topological polar surface area (TPSA) is 105 Å². The van der Waals surface area contributed by atoms with Crippen LogP contribution in [0.4, 0.5) is 5.69 Å². The number of benzene rings is 2. The fourth-order valence-electron chi connectivity index (χ4n) is 3.25. The van der Waals surface area contributed by atoms with Crippen LogP contribution in [0.3, 0.4) is 0 Å². The van der Waals surface area contributed by atoms with E-state index in [2.05, 4.69) is 28.2 Å². The van der Waals surface area contributed by atoms with Gasteiger partial charge in [-0.2, -0.15) is 5.26 Å². The van der Waals surface area contributed by atoms with Crippen LogP contribution < -0.4 is 10.9 Å². The number of amides is 1. The third-order valence-electron chi connectivity index (χ3n) is 4.64. The average Bonchev–Trinajstić information content (AvgIpc) is 3.21. The maximum atomic E-state index is 12.8. The number of nitriles is 1. The largest absolute Gasteiger partial charge is 0.325 e. The van der Waals surface area contributed by atoms with Gasteiger partial charge in [-0.15, -0.1) is 16.8 Å². The summed E-state index contributed by atoms with van der Waals surface area (Å²) >= 11 is 1.24. The number of rotatable bonds is 7. The van der Waals surface area contributed by atoms with E-state index in [1.165, 1.54) is 16.3 Å². The summed E-state index contributed by atoms with van der Waals surface area (Å²) in [6.45, 7) is 4.02. The molecule has 0 saturated heterocycles. The van der Waals surface area contributed by atoms with E-state index in [1.54, 1.807) is 34.7 Å². The summed E-state index contributed by atoms with van der Waals surface area (Å²) in [6.07, 6.45) is 1.96. The molecule has 2 heterocycles. The second kappa shape index (κ2) is 8.85. The van der Waals surface area contributed by atoms with Gasteiger partial charge in [-0.1, -0.05) is 42.1 Å². The molecule has 0 unspecified atom stereocenters. The van der Waals surface area contributed by atoms with Gasteiger partial charge in [0.15, 0.2) is 5.16 Å². The highest BCUT2D eigenvalue weighted by Gasteiger charge is 2.17. The van der Waals surface area contributed by atoms with Gasteiger partial charge in [-0.25, -0.2) is 0 Å². The Hall–Kier alpha value is -3.90. The van der Waals surface area contributed by atoms with E-state index in [9.17, 15) is 9.59 Å². The van der Waals surface area contributed by atoms with Crippen molar-refractivity contribution in [1.82, 2.24) is 19.2 Å². The lowest BCUT2D eigenvalue weighted by atomic mass is 10.1. The van der Waals surface area contributed by atoms with Crippen LogP contribution in [0.15, 0.2) is 71.1 Å². The van der Waals surface area contributed by atoms with Crippen molar-refractivity contribution in [3.05, 3.63) is 77.1 Å². The van der Waals surface area contributed by atoms with Crippen LogP contribution in [0.25, 0.3) is 16.7 Å². The SMILES string of the molecule is C=CCn1c(=O)c2ccccc2n2c(SCC(=O)Nc3ccc(CC#N)cc3)nnc12. The number of nitrogens with zero attached hydrogens (tertiary/aromatic N) is 5. The van der Waals surface area contributed by atoms with Crippen molar-refractivity contribution in [2.45, 2.75) is 18.1 Å². The van der Waals surface area contributed by atoms with E-state index in [0.717, 1.165) is 5.56 Å². The summed E-state index contributed by atoms with van der Waals surface area (Å²) < 4.78 is 3.30. The minimum absolute atomic E-state index is 0.121. The number of fused-ring (bicyclic) bond motifs is 3. The Balaban J connectivity index is 1.59. The van der Waals surface area contributed by atoms with E-state index < -0.39 is 0 Å². The number of allylic oxidation sites excluding steroid dienone is 1. The standard InChI is InChI=1S/C22H18N6O2S/c1-2-13-27-20(30)17-5-3-4-6-18(17)28-21(27)25-26-22(28)31-14-19(29)24-16-9-7-15(8-10-16)11-12-23/h2-10H,1,11,13-14H2,(H,24,29). The second-order valence-electron chi connectivity index (χ2n) is 6.71. The molecule has 0 aliphatic rings. The Labute approximate surface area is 181 Å². The maximum absolute atomic E-state index is 12.8. The first-order valence-electron chi connectivity index (χ1n) is 9.48. The fraction of sp³-hybridized carbons (Fsp3) is 0.136. The monoisotopic (exact) mass is 430 g/mol. The zero-order valence-corrected chi connectivity index (χ0v) is 17.3. The molecule has 9 heteroatoms. The van der Waals surface area contributed by atoms with Gasteiger partial charge in [0.2, 0.25) is 11.7 Å². The quantitative estimate of drug-likeness (QED) is 0.357. The highest BCUT2D eigenvalue weighted by Crippen LogP contribution is 2.22. The predicted octanol–water partition coefficient (Wildman–Crippen LogP) is 3.03. The first-order chi connectivity index (χ1) is 15.1. The maximum Gasteiger partial charge on any atom is 0.263 e. The molecule has 1 N–H and O–H groups in total. The van der Waals surface area contributed by atoms with Crippen molar-refractivity contribution in [2.24, 2.45) is 0 Å². The van der Waals surface area contributed by atoms with Gasteiger partial charge in [-0.05, 0) is 29.8 Å². The van der Waals surface area contributed by atoms with Crippen molar-refractivity contribution in [3.8, 4) is 6.07 Å². The number of carbonyl (C=O) groups is 1. The van der Waals surface area contributed by atoms with Crippen LogP contribution in [-0.2, 0) is 17.8 Å². The zero-order chi connectivity index (χ0) is 21.8. The molecule has 0 saturated carbocycles. The number of aromatic nitrogens is 4. The molecular formula is C22H18N6O2S. The molecule has 154 valence electrons. The predicted molar refractivity (Wildman–Crippen MR) is 120 cm³/mol. The highest BCUT2D eigenvalue weighted by molar-refractivity contribution is 7.99. The fourth-order valence-corrected chi connectivity index (χ4v) is 3.99. The molecule has 2 aromatic heterocycles. The lowest BCUT2D eigenvalue weighted by Crippen LogP contribution is -2.22. The number of hydrogen-bond acceptors (Lipinski definition) is 6. The van der Waals surface area contributed by atoms with Gasteiger partial charge in [-0.3, -0.25) is 18.6 Å². The lowest BCUT2D eigenvalue weighted by Gasteiger charge is -2.09. The normalized spacial score (nSPS) is 10.8. The summed E-state index contributed by atoms with van der Waals surface area (Å²) in [4.78, 5) is 25.3. The molecule has 2 aromatic carbocycles. The summed E-state index contributed by atoms with van der Waals surface area (Å²) in [5, 5.41) is 21.0. The number of carbonyl (C=O) groups excluding carboxylic acids is 1. The summed E-state index contributed by atoms with van der Waals surface area (Å²) in [7, 11) is 0. The summed E-state index contributed by atoms with van der Waals surface area (Å²) in [6, 6.07) is 16.5. The first-order valence-corrected chi connectivity index (χ1v) is 10.5. The van der Waals surface area contributed by atoms with Crippen LogP contribution in [0, 0.1) is 11.3 Å². The molecule has 4 rings (SSSR count). The third kappa shape index (κ3) is 4.06.